The Balaban J connectivity index is 2.06. The fourth-order valence-electron chi connectivity index (χ4n) is 2.45. The van der Waals surface area contributed by atoms with Crippen LogP contribution in [-0.4, -0.2) is 23.0 Å². The molecule has 26 heavy (non-hydrogen) atoms. The van der Waals surface area contributed by atoms with E-state index >= 15 is 0 Å². The van der Waals surface area contributed by atoms with Gasteiger partial charge in [0.15, 0.2) is 11.5 Å². The van der Waals surface area contributed by atoms with Gasteiger partial charge in [0.2, 0.25) is 0 Å². The number of methoxy groups -OCH3 is 1. The maximum absolute atomic E-state index is 11.2. The molecule has 0 fully saturated rings. The summed E-state index contributed by atoms with van der Waals surface area (Å²) in [5.41, 5.74) is 2.69. The van der Waals surface area contributed by atoms with Gasteiger partial charge in [-0.15, -0.1) is 0 Å². The highest BCUT2D eigenvalue weighted by Gasteiger charge is 2.13. The SMILES string of the molecule is COc1cc(/C=C(\C#N)c2nc3ccccc3[nH]2)c(Br)cc1OC(C)=O. The number of carbonyl (C=O) groups excluding carboxylic acids is 1. The average molecular weight is 412 g/mol. The number of para-hydroxylation sites is 2. The summed E-state index contributed by atoms with van der Waals surface area (Å²) in [6.45, 7) is 1.32. The molecule has 0 aliphatic carbocycles. The molecule has 1 aromatic heterocycles. The fraction of sp³-hybridized carbons (Fsp3) is 0.105. The Kier molecular flexibility index (Phi) is 5.05. The van der Waals surface area contributed by atoms with Crippen molar-refractivity contribution in [1.29, 1.82) is 5.26 Å². The highest BCUT2D eigenvalue weighted by Crippen LogP contribution is 2.35. The largest absolute Gasteiger partial charge is 0.493 e. The van der Waals surface area contributed by atoms with Crippen molar-refractivity contribution in [2.75, 3.05) is 7.11 Å². The zero-order valence-electron chi connectivity index (χ0n) is 14.0. The standard InChI is InChI=1S/C19H14BrN3O3/c1-11(24)26-18-9-14(20)12(8-17(18)25-2)7-13(10-21)19-22-15-5-3-4-6-16(15)23-19/h3-9H,1-2H3,(H,22,23)/b13-7+. The number of halogens is 1. The van der Waals surface area contributed by atoms with Gasteiger partial charge in [0.1, 0.15) is 11.9 Å². The molecule has 0 aliphatic heterocycles. The molecule has 1 heterocycles. The van der Waals surface area contributed by atoms with Gasteiger partial charge in [-0.25, -0.2) is 4.98 Å². The Bertz CT molecular complexity index is 1030. The normalized spacial score (nSPS) is 11.2. The van der Waals surface area contributed by atoms with E-state index in [1.54, 1.807) is 18.2 Å². The first-order valence-electron chi connectivity index (χ1n) is 7.64. The number of ether oxygens (including phenoxy) is 2. The van der Waals surface area contributed by atoms with Crippen LogP contribution in [0.3, 0.4) is 0 Å². The third kappa shape index (κ3) is 3.60. The molecule has 3 rings (SSSR count). The highest BCUT2D eigenvalue weighted by molar-refractivity contribution is 9.10. The molecule has 130 valence electrons. The number of nitriles is 1. The lowest BCUT2D eigenvalue weighted by molar-refractivity contribution is -0.132. The number of H-pyrrole nitrogens is 1. The summed E-state index contributed by atoms with van der Waals surface area (Å²) in [7, 11) is 1.48. The van der Waals surface area contributed by atoms with Gasteiger partial charge >= 0.3 is 5.97 Å². The molecular weight excluding hydrogens is 398 g/mol. The number of benzene rings is 2. The number of esters is 1. The third-order valence-corrected chi connectivity index (χ3v) is 4.29. The van der Waals surface area contributed by atoms with Crippen molar-refractivity contribution in [2.24, 2.45) is 0 Å². The molecule has 3 aromatic rings. The maximum Gasteiger partial charge on any atom is 0.308 e. The number of rotatable bonds is 4. The quantitative estimate of drug-likeness (QED) is 0.392. The molecule has 2 aromatic carbocycles. The van der Waals surface area contributed by atoms with E-state index in [0.29, 0.717) is 32.9 Å². The Morgan fingerprint density at radius 1 is 1.31 bits per heavy atom. The summed E-state index contributed by atoms with van der Waals surface area (Å²) in [5.74, 6) is 0.713. The van der Waals surface area contributed by atoms with Crippen LogP contribution < -0.4 is 9.47 Å². The van der Waals surface area contributed by atoms with E-state index in [2.05, 4.69) is 32.0 Å². The first-order valence-corrected chi connectivity index (χ1v) is 8.44. The first-order chi connectivity index (χ1) is 12.5. The van der Waals surface area contributed by atoms with Gasteiger partial charge < -0.3 is 14.5 Å². The molecule has 0 unspecified atom stereocenters. The van der Waals surface area contributed by atoms with E-state index in [-0.39, 0.29) is 0 Å². The van der Waals surface area contributed by atoms with Crippen molar-refractivity contribution in [2.45, 2.75) is 6.92 Å². The van der Waals surface area contributed by atoms with Gasteiger partial charge in [-0.05, 0) is 35.9 Å². The molecule has 6 nitrogen and oxygen atoms in total. The van der Waals surface area contributed by atoms with Crippen LogP contribution in [0.25, 0.3) is 22.7 Å². The zero-order chi connectivity index (χ0) is 18.7. The molecule has 1 N–H and O–H groups in total. The Morgan fingerprint density at radius 2 is 2.08 bits per heavy atom. The minimum atomic E-state index is -0.446. The molecular formula is C19H14BrN3O3. The van der Waals surface area contributed by atoms with E-state index in [9.17, 15) is 10.1 Å². The molecule has 7 heteroatoms. The molecule has 0 saturated carbocycles. The van der Waals surface area contributed by atoms with Crippen molar-refractivity contribution in [1.82, 2.24) is 9.97 Å². The predicted molar refractivity (Wildman–Crippen MR) is 102 cm³/mol. The van der Waals surface area contributed by atoms with Gasteiger partial charge in [0.25, 0.3) is 0 Å². The second-order valence-corrected chi connectivity index (χ2v) is 6.24. The average Bonchev–Trinajstić information content (AvgIpc) is 3.04. The smallest absolute Gasteiger partial charge is 0.308 e. The molecule has 0 spiro atoms. The lowest BCUT2D eigenvalue weighted by Gasteiger charge is -2.10. The van der Waals surface area contributed by atoms with Crippen LogP contribution >= 0.6 is 15.9 Å². The van der Waals surface area contributed by atoms with Crippen molar-refractivity contribution >= 4 is 44.6 Å². The number of aromatic amines is 1. The second kappa shape index (κ2) is 7.42. The summed E-state index contributed by atoms with van der Waals surface area (Å²) < 4.78 is 11.1. The van der Waals surface area contributed by atoms with Crippen molar-refractivity contribution in [3.63, 3.8) is 0 Å². The van der Waals surface area contributed by atoms with E-state index in [0.717, 1.165) is 11.0 Å². The van der Waals surface area contributed by atoms with Gasteiger partial charge in [-0.3, -0.25) is 4.79 Å². The zero-order valence-corrected chi connectivity index (χ0v) is 15.6. The van der Waals surface area contributed by atoms with Gasteiger partial charge in [0.05, 0.1) is 23.7 Å². The summed E-state index contributed by atoms with van der Waals surface area (Å²) in [4.78, 5) is 18.8. The van der Waals surface area contributed by atoms with Crippen LogP contribution in [0.2, 0.25) is 0 Å². The number of carbonyl (C=O) groups is 1. The van der Waals surface area contributed by atoms with E-state index in [1.165, 1.54) is 14.0 Å². The van der Waals surface area contributed by atoms with Crippen LogP contribution in [0.5, 0.6) is 11.5 Å². The number of fused-ring (bicyclic) bond motifs is 1. The number of nitrogens with one attached hydrogen (secondary N) is 1. The Labute approximate surface area is 158 Å². The van der Waals surface area contributed by atoms with Gasteiger partial charge in [0, 0.05) is 11.4 Å². The second-order valence-electron chi connectivity index (χ2n) is 5.39. The van der Waals surface area contributed by atoms with Gasteiger partial charge in [-0.1, -0.05) is 28.1 Å². The summed E-state index contributed by atoms with van der Waals surface area (Å²) >= 11 is 3.43. The lowest BCUT2D eigenvalue weighted by atomic mass is 10.1. The predicted octanol–water partition coefficient (Wildman–Crippen LogP) is 4.32. The molecule has 0 aliphatic rings. The summed E-state index contributed by atoms with van der Waals surface area (Å²) in [6, 6.07) is 13.0. The van der Waals surface area contributed by atoms with Gasteiger partial charge in [-0.2, -0.15) is 5.26 Å². The first kappa shape index (κ1) is 17.7. The van der Waals surface area contributed by atoms with E-state index in [1.807, 2.05) is 24.3 Å². The van der Waals surface area contributed by atoms with E-state index < -0.39 is 5.97 Å². The van der Waals surface area contributed by atoms with Crippen molar-refractivity contribution < 1.29 is 14.3 Å². The molecule has 0 saturated heterocycles. The summed E-state index contributed by atoms with van der Waals surface area (Å²) in [6.07, 6.45) is 1.68. The fourth-order valence-corrected chi connectivity index (χ4v) is 2.88. The number of nitrogens with zero attached hydrogens (tertiary/aromatic N) is 2. The van der Waals surface area contributed by atoms with Crippen LogP contribution in [0.15, 0.2) is 40.9 Å². The number of imidazole rings is 1. The number of aromatic nitrogens is 2. The molecule has 0 bridgehead atoms. The molecule has 0 amide bonds. The third-order valence-electron chi connectivity index (χ3n) is 3.60. The Hall–Kier alpha value is -3.11. The number of hydrogen-bond donors (Lipinski definition) is 1. The van der Waals surface area contributed by atoms with E-state index in [4.69, 9.17) is 9.47 Å². The van der Waals surface area contributed by atoms with Crippen LogP contribution in [0.1, 0.15) is 18.3 Å². The van der Waals surface area contributed by atoms with Crippen LogP contribution in [0.4, 0.5) is 0 Å². The van der Waals surface area contributed by atoms with Crippen LogP contribution in [-0.2, 0) is 4.79 Å². The van der Waals surface area contributed by atoms with Crippen LogP contribution in [0, 0.1) is 11.3 Å². The highest BCUT2D eigenvalue weighted by atomic mass is 79.9. The lowest BCUT2D eigenvalue weighted by Crippen LogP contribution is -2.03. The monoisotopic (exact) mass is 411 g/mol. The maximum atomic E-state index is 11.2. The molecule has 0 radical (unpaired) electrons. The molecule has 0 atom stereocenters. The number of allylic oxidation sites excluding steroid dienone is 1. The topological polar surface area (TPSA) is 88.0 Å². The summed E-state index contributed by atoms with van der Waals surface area (Å²) in [5, 5.41) is 9.56. The van der Waals surface area contributed by atoms with Crippen molar-refractivity contribution in [3.8, 4) is 17.6 Å². The van der Waals surface area contributed by atoms with Crippen molar-refractivity contribution in [3.05, 3.63) is 52.3 Å². The Morgan fingerprint density at radius 3 is 2.73 bits per heavy atom. The minimum absolute atomic E-state index is 0.297. The minimum Gasteiger partial charge on any atom is -0.493 e. The number of hydrogen-bond acceptors (Lipinski definition) is 5.